The van der Waals surface area contributed by atoms with E-state index in [9.17, 15) is 4.79 Å². The lowest BCUT2D eigenvalue weighted by Gasteiger charge is -2.05. The highest BCUT2D eigenvalue weighted by Crippen LogP contribution is 2.31. The van der Waals surface area contributed by atoms with Crippen molar-refractivity contribution in [3.05, 3.63) is 77.1 Å². The minimum Gasteiger partial charge on any atom is -0.320 e. The van der Waals surface area contributed by atoms with Crippen molar-refractivity contribution in [2.45, 2.75) is 13.8 Å². The van der Waals surface area contributed by atoms with Gasteiger partial charge in [0.25, 0.3) is 0 Å². The number of ketones is 1. The average Bonchev–Trinajstić information content (AvgIpc) is 2.86. The van der Waals surface area contributed by atoms with Gasteiger partial charge in [0.05, 0.1) is 0 Å². The van der Waals surface area contributed by atoms with Gasteiger partial charge in [0, 0.05) is 33.7 Å². The summed E-state index contributed by atoms with van der Waals surface area (Å²) in [6.07, 6.45) is 2.01. The van der Waals surface area contributed by atoms with E-state index in [0.29, 0.717) is 5.02 Å². The van der Waals surface area contributed by atoms with Crippen LogP contribution in [0.15, 0.2) is 60.8 Å². The predicted octanol–water partition coefficient (Wildman–Crippen LogP) is 5.31. The highest BCUT2D eigenvalue weighted by Gasteiger charge is 2.18. The summed E-state index contributed by atoms with van der Waals surface area (Å²) in [5, 5.41) is 0.664. The zero-order valence-corrected chi connectivity index (χ0v) is 13.3. The summed E-state index contributed by atoms with van der Waals surface area (Å²) in [4.78, 5) is 12.1. The second-order valence-corrected chi connectivity index (χ2v) is 5.71. The molecule has 0 atom stereocenters. The Balaban J connectivity index is 2.25. The van der Waals surface area contributed by atoms with Crippen LogP contribution in [0.2, 0.25) is 5.02 Å². The molecule has 1 heterocycles. The smallest absolute Gasteiger partial charge is 0.162 e. The first-order chi connectivity index (χ1) is 10.6. The molecule has 0 N–H and O–H groups in total. The van der Waals surface area contributed by atoms with Crippen molar-refractivity contribution >= 4 is 17.4 Å². The average molecular weight is 310 g/mol. The lowest BCUT2D eigenvalue weighted by Crippen LogP contribution is -1.99. The van der Waals surface area contributed by atoms with E-state index in [4.69, 9.17) is 11.6 Å². The van der Waals surface area contributed by atoms with Gasteiger partial charge in [0.1, 0.15) is 0 Å². The molecule has 0 spiro atoms. The Labute approximate surface area is 135 Å². The number of Topliss-reactive ketones (excluding diaryl/α,β-unsaturated/α-hetero) is 1. The molecule has 3 aromatic rings. The third-order valence-corrected chi connectivity index (χ3v) is 4.01. The molecule has 0 aliphatic heterocycles. The van der Waals surface area contributed by atoms with Gasteiger partial charge in [-0.25, -0.2) is 0 Å². The Hall–Kier alpha value is -2.32. The minimum atomic E-state index is 0.0576. The highest BCUT2D eigenvalue weighted by atomic mass is 35.5. The monoisotopic (exact) mass is 309 g/mol. The van der Waals surface area contributed by atoms with Crippen molar-refractivity contribution in [2.75, 3.05) is 0 Å². The van der Waals surface area contributed by atoms with E-state index < -0.39 is 0 Å². The van der Waals surface area contributed by atoms with Crippen LogP contribution in [0, 0.1) is 6.92 Å². The van der Waals surface area contributed by atoms with Gasteiger partial charge in [0.15, 0.2) is 5.78 Å². The van der Waals surface area contributed by atoms with Crippen LogP contribution in [0.5, 0.6) is 0 Å². The second-order valence-electron chi connectivity index (χ2n) is 5.28. The molecule has 0 unspecified atom stereocenters. The van der Waals surface area contributed by atoms with Crippen LogP contribution in [0.3, 0.4) is 0 Å². The molecule has 0 fully saturated rings. The number of carbonyl (C=O) groups excluding carboxylic acids is 1. The lowest BCUT2D eigenvalue weighted by molar-refractivity contribution is 0.101. The molecule has 0 amide bonds. The second kappa shape index (κ2) is 5.82. The summed E-state index contributed by atoms with van der Waals surface area (Å²) in [6.45, 7) is 3.57. The van der Waals surface area contributed by atoms with Crippen molar-refractivity contribution in [3.8, 4) is 16.8 Å². The molecular weight excluding hydrogens is 294 g/mol. The molecule has 22 heavy (non-hydrogen) atoms. The Morgan fingerprint density at radius 3 is 2.41 bits per heavy atom. The van der Waals surface area contributed by atoms with E-state index in [1.807, 2.05) is 72.3 Å². The highest BCUT2D eigenvalue weighted by molar-refractivity contribution is 6.30. The molecule has 2 nitrogen and oxygen atoms in total. The van der Waals surface area contributed by atoms with Crippen molar-refractivity contribution < 1.29 is 4.79 Å². The number of aromatic nitrogens is 1. The largest absolute Gasteiger partial charge is 0.320 e. The van der Waals surface area contributed by atoms with E-state index in [0.717, 1.165) is 28.1 Å². The van der Waals surface area contributed by atoms with Gasteiger partial charge in [0.2, 0.25) is 0 Å². The summed E-state index contributed by atoms with van der Waals surface area (Å²) in [6, 6.07) is 17.6. The number of hydrogen-bond donors (Lipinski definition) is 0. The Morgan fingerprint density at radius 1 is 1.05 bits per heavy atom. The van der Waals surface area contributed by atoms with Crippen LogP contribution in [-0.4, -0.2) is 10.4 Å². The minimum absolute atomic E-state index is 0.0576. The number of rotatable bonds is 3. The van der Waals surface area contributed by atoms with E-state index in [2.05, 4.69) is 0 Å². The maximum atomic E-state index is 12.1. The van der Waals surface area contributed by atoms with Gasteiger partial charge in [-0.3, -0.25) is 4.79 Å². The van der Waals surface area contributed by atoms with Crippen LogP contribution >= 0.6 is 11.6 Å². The molecule has 0 saturated carbocycles. The number of hydrogen-bond acceptors (Lipinski definition) is 1. The Kier molecular flexibility index (Phi) is 3.86. The lowest BCUT2D eigenvalue weighted by atomic mass is 10.0. The number of halogens is 1. The maximum absolute atomic E-state index is 12.1. The summed E-state index contributed by atoms with van der Waals surface area (Å²) in [7, 11) is 0. The quantitative estimate of drug-likeness (QED) is 0.601. The van der Waals surface area contributed by atoms with Gasteiger partial charge >= 0.3 is 0 Å². The Morgan fingerprint density at radius 2 is 1.77 bits per heavy atom. The first-order valence-electron chi connectivity index (χ1n) is 7.12. The van der Waals surface area contributed by atoms with Crippen molar-refractivity contribution in [3.63, 3.8) is 0 Å². The number of carbonyl (C=O) groups is 1. The molecule has 3 rings (SSSR count). The fourth-order valence-electron chi connectivity index (χ4n) is 2.78. The maximum Gasteiger partial charge on any atom is 0.162 e. The predicted molar refractivity (Wildman–Crippen MR) is 91.0 cm³/mol. The molecule has 0 radical (unpaired) electrons. The summed E-state index contributed by atoms with van der Waals surface area (Å²) >= 11 is 6.10. The standard InChI is InChI=1S/C19H16ClNO/c1-13-19(14(2)22)18(15-7-6-8-16(20)11-15)12-21(13)17-9-4-3-5-10-17/h3-12H,1-2H3. The van der Waals surface area contributed by atoms with Crippen LogP contribution in [0.1, 0.15) is 23.0 Å². The summed E-state index contributed by atoms with van der Waals surface area (Å²) in [5.74, 6) is 0.0576. The van der Waals surface area contributed by atoms with Crippen molar-refractivity contribution in [2.24, 2.45) is 0 Å². The van der Waals surface area contributed by atoms with E-state index in [-0.39, 0.29) is 5.78 Å². The topological polar surface area (TPSA) is 22.0 Å². The molecule has 0 saturated heterocycles. The zero-order chi connectivity index (χ0) is 15.7. The van der Waals surface area contributed by atoms with Gasteiger partial charge in [-0.1, -0.05) is 41.9 Å². The fraction of sp³-hybridized carbons (Fsp3) is 0.105. The summed E-state index contributed by atoms with van der Waals surface area (Å²) in [5.41, 5.74) is 4.59. The summed E-state index contributed by atoms with van der Waals surface area (Å²) < 4.78 is 2.05. The number of para-hydroxylation sites is 1. The molecule has 2 aromatic carbocycles. The van der Waals surface area contributed by atoms with Crippen molar-refractivity contribution in [1.29, 1.82) is 0 Å². The fourth-order valence-corrected chi connectivity index (χ4v) is 2.97. The normalized spacial score (nSPS) is 10.7. The van der Waals surface area contributed by atoms with Crippen molar-refractivity contribution in [1.82, 2.24) is 4.57 Å². The first-order valence-corrected chi connectivity index (χ1v) is 7.50. The molecule has 110 valence electrons. The molecule has 0 aliphatic rings. The molecule has 0 aliphatic carbocycles. The van der Waals surface area contributed by atoms with Crippen LogP contribution in [0.25, 0.3) is 16.8 Å². The molecule has 3 heteroatoms. The molecular formula is C19H16ClNO. The zero-order valence-electron chi connectivity index (χ0n) is 12.5. The molecule has 1 aromatic heterocycles. The Bertz CT molecular complexity index is 834. The van der Waals surface area contributed by atoms with E-state index >= 15 is 0 Å². The number of nitrogens with zero attached hydrogens (tertiary/aromatic N) is 1. The number of benzene rings is 2. The van der Waals surface area contributed by atoms with Gasteiger partial charge in [-0.2, -0.15) is 0 Å². The van der Waals surface area contributed by atoms with E-state index in [1.54, 1.807) is 6.92 Å². The third-order valence-electron chi connectivity index (χ3n) is 3.77. The van der Waals surface area contributed by atoms with Gasteiger partial charge < -0.3 is 4.57 Å². The first kappa shape index (κ1) is 14.6. The van der Waals surface area contributed by atoms with Gasteiger partial charge in [-0.05, 0) is 43.7 Å². The van der Waals surface area contributed by atoms with Crippen LogP contribution in [-0.2, 0) is 0 Å². The van der Waals surface area contributed by atoms with Crippen LogP contribution in [0.4, 0.5) is 0 Å². The third kappa shape index (κ3) is 2.58. The molecule has 0 bridgehead atoms. The van der Waals surface area contributed by atoms with Gasteiger partial charge in [-0.15, -0.1) is 0 Å². The van der Waals surface area contributed by atoms with Crippen LogP contribution < -0.4 is 0 Å². The van der Waals surface area contributed by atoms with E-state index in [1.165, 1.54) is 0 Å². The SMILES string of the molecule is CC(=O)c1c(-c2cccc(Cl)c2)cn(-c2ccccc2)c1C.